The highest BCUT2D eigenvalue weighted by Gasteiger charge is 2.28. The van der Waals surface area contributed by atoms with Gasteiger partial charge >= 0.3 is 0 Å². The second-order valence-electron chi connectivity index (χ2n) is 6.95. The molecule has 1 saturated carbocycles. The normalized spacial score (nSPS) is 15.3. The number of phenols is 1. The first-order valence-electron chi connectivity index (χ1n) is 9.04. The molecule has 2 N–H and O–H groups in total. The van der Waals surface area contributed by atoms with E-state index in [1.165, 1.54) is 0 Å². The number of nitrogens with zero attached hydrogens (tertiary/aromatic N) is 1. The van der Waals surface area contributed by atoms with Crippen LogP contribution in [0.3, 0.4) is 0 Å². The molecule has 0 spiro atoms. The van der Waals surface area contributed by atoms with Gasteiger partial charge in [0.1, 0.15) is 5.75 Å². The van der Waals surface area contributed by atoms with Crippen LogP contribution in [0.15, 0.2) is 48.5 Å². The fourth-order valence-corrected chi connectivity index (χ4v) is 3.99. The second kappa shape index (κ2) is 8.00. The average Bonchev–Trinajstić information content (AvgIpc) is 2.64. The van der Waals surface area contributed by atoms with Crippen molar-refractivity contribution in [2.24, 2.45) is 5.92 Å². The van der Waals surface area contributed by atoms with Gasteiger partial charge in [0, 0.05) is 23.0 Å². The number of sulfonamides is 1. The van der Waals surface area contributed by atoms with Crippen molar-refractivity contribution in [3.63, 3.8) is 0 Å². The Kier molecular flexibility index (Phi) is 5.70. The van der Waals surface area contributed by atoms with Crippen molar-refractivity contribution in [1.29, 1.82) is 0 Å². The number of hydrogen-bond acceptors (Lipinski definition) is 4. The summed E-state index contributed by atoms with van der Waals surface area (Å²) in [5.41, 5.74) is 1.78. The lowest BCUT2D eigenvalue weighted by molar-refractivity contribution is -0.122. The van der Waals surface area contributed by atoms with Crippen molar-refractivity contribution in [2.45, 2.75) is 32.1 Å². The van der Waals surface area contributed by atoms with E-state index in [2.05, 4.69) is 4.72 Å². The molecule has 144 valence electrons. The van der Waals surface area contributed by atoms with E-state index in [4.69, 9.17) is 0 Å². The summed E-state index contributed by atoms with van der Waals surface area (Å²) >= 11 is 0. The summed E-state index contributed by atoms with van der Waals surface area (Å²) in [6.45, 7) is 0. The molecule has 0 atom stereocenters. The van der Waals surface area contributed by atoms with Crippen molar-refractivity contribution in [3.8, 4) is 5.75 Å². The van der Waals surface area contributed by atoms with E-state index in [0.29, 0.717) is 17.1 Å². The first-order valence-corrected chi connectivity index (χ1v) is 10.9. The van der Waals surface area contributed by atoms with Crippen molar-refractivity contribution in [2.75, 3.05) is 15.9 Å². The number of benzene rings is 2. The van der Waals surface area contributed by atoms with Gasteiger partial charge in [0.25, 0.3) is 0 Å². The lowest BCUT2D eigenvalue weighted by atomic mass is 9.88. The summed E-state index contributed by atoms with van der Waals surface area (Å²) in [5.74, 6) is 0.141. The van der Waals surface area contributed by atoms with Gasteiger partial charge in [0.05, 0.1) is 6.26 Å². The van der Waals surface area contributed by atoms with Crippen LogP contribution < -0.4 is 9.62 Å². The molecule has 2 aromatic carbocycles. The van der Waals surface area contributed by atoms with Crippen molar-refractivity contribution < 1.29 is 18.3 Å². The summed E-state index contributed by atoms with van der Waals surface area (Å²) in [6.07, 6.45) is 6.11. The van der Waals surface area contributed by atoms with Gasteiger partial charge in [-0.15, -0.1) is 0 Å². The minimum atomic E-state index is -3.36. The molecule has 6 nitrogen and oxygen atoms in total. The van der Waals surface area contributed by atoms with E-state index in [0.717, 1.165) is 38.4 Å². The Morgan fingerprint density at radius 1 is 0.963 bits per heavy atom. The zero-order valence-electron chi connectivity index (χ0n) is 15.3. The van der Waals surface area contributed by atoms with Gasteiger partial charge in [-0.25, -0.2) is 8.42 Å². The van der Waals surface area contributed by atoms with Crippen LogP contribution in [0.25, 0.3) is 0 Å². The molecule has 27 heavy (non-hydrogen) atoms. The van der Waals surface area contributed by atoms with Crippen LogP contribution in [-0.4, -0.2) is 25.7 Å². The molecule has 0 aromatic heterocycles. The predicted molar refractivity (Wildman–Crippen MR) is 107 cm³/mol. The van der Waals surface area contributed by atoms with E-state index < -0.39 is 10.0 Å². The van der Waals surface area contributed by atoms with Gasteiger partial charge in [-0.1, -0.05) is 19.3 Å². The van der Waals surface area contributed by atoms with Crippen LogP contribution >= 0.6 is 0 Å². The topological polar surface area (TPSA) is 86.7 Å². The van der Waals surface area contributed by atoms with Crippen LogP contribution in [0.2, 0.25) is 0 Å². The van der Waals surface area contributed by atoms with Crippen molar-refractivity contribution in [1.82, 2.24) is 0 Å². The number of amides is 1. The highest BCUT2D eigenvalue weighted by molar-refractivity contribution is 7.92. The van der Waals surface area contributed by atoms with Gasteiger partial charge < -0.3 is 5.11 Å². The van der Waals surface area contributed by atoms with Gasteiger partial charge in [-0.3, -0.25) is 14.4 Å². The fraction of sp³-hybridized carbons (Fsp3) is 0.350. The number of rotatable bonds is 5. The smallest absolute Gasteiger partial charge is 0.234 e. The third-order valence-corrected chi connectivity index (χ3v) is 5.32. The largest absolute Gasteiger partial charge is 0.508 e. The van der Waals surface area contributed by atoms with E-state index >= 15 is 0 Å². The SMILES string of the molecule is CS(=O)(=O)Nc1ccc(N(C(=O)C2CCCCC2)c2ccc(O)cc2)cc1. The molecule has 1 aliphatic rings. The molecule has 0 aliphatic heterocycles. The zero-order chi connectivity index (χ0) is 19.4. The highest BCUT2D eigenvalue weighted by atomic mass is 32.2. The maximum Gasteiger partial charge on any atom is 0.234 e. The van der Waals surface area contributed by atoms with Crippen molar-refractivity contribution >= 4 is 33.0 Å². The molecule has 1 fully saturated rings. The minimum Gasteiger partial charge on any atom is -0.508 e. The summed E-state index contributed by atoms with van der Waals surface area (Å²) < 4.78 is 25.2. The molecule has 0 heterocycles. The van der Waals surface area contributed by atoms with E-state index in [1.807, 2.05) is 0 Å². The predicted octanol–water partition coefficient (Wildman–Crippen LogP) is 4.01. The molecular formula is C20H24N2O4S. The molecule has 3 rings (SSSR count). The molecule has 1 amide bonds. The summed E-state index contributed by atoms with van der Waals surface area (Å²) in [5, 5.41) is 9.57. The Morgan fingerprint density at radius 2 is 1.48 bits per heavy atom. The van der Waals surface area contributed by atoms with Crippen LogP contribution in [-0.2, 0) is 14.8 Å². The Hall–Kier alpha value is -2.54. The average molecular weight is 388 g/mol. The molecule has 0 unspecified atom stereocenters. The number of phenolic OH excluding ortho intramolecular Hbond substituents is 1. The van der Waals surface area contributed by atoms with Crippen LogP contribution in [0.1, 0.15) is 32.1 Å². The Balaban J connectivity index is 1.93. The number of anilines is 3. The number of aromatic hydroxyl groups is 1. The highest BCUT2D eigenvalue weighted by Crippen LogP contribution is 2.33. The number of nitrogens with one attached hydrogen (secondary N) is 1. The third-order valence-electron chi connectivity index (χ3n) is 4.71. The maximum absolute atomic E-state index is 13.2. The van der Waals surface area contributed by atoms with Gasteiger partial charge in [0.2, 0.25) is 15.9 Å². The lowest BCUT2D eigenvalue weighted by Gasteiger charge is -2.29. The summed E-state index contributed by atoms with van der Waals surface area (Å²) in [6, 6.07) is 13.2. The second-order valence-corrected chi connectivity index (χ2v) is 8.69. The van der Waals surface area contributed by atoms with Crippen molar-refractivity contribution in [3.05, 3.63) is 48.5 Å². The molecule has 0 bridgehead atoms. The monoisotopic (exact) mass is 388 g/mol. The summed E-state index contributed by atoms with van der Waals surface area (Å²) in [4.78, 5) is 14.9. The Bertz CT molecular complexity index is 887. The maximum atomic E-state index is 13.2. The quantitative estimate of drug-likeness (QED) is 0.810. The third kappa shape index (κ3) is 5.01. The van der Waals surface area contributed by atoms with E-state index in [-0.39, 0.29) is 17.6 Å². The van der Waals surface area contributed by atoms with Crippen LogP contribution in [0.4, 0.5) is 17.1 Å². The van der Waals surface area contributed by atoms with Crippen LogP contribution in [0.5, 0.6) is 5.75 Å². The molecule has 7 heteroatoms. The Labute approximate surface area is 159 Å². The zero-order valence-corrected chi connectivity index (χ0v) is 16.1. The van der Waals surface area contributed by atoms with Crippen LogP contribution in [0, 0.1) is 5.92 Å². The van der Waals surface area contributed by atoms with Gasteiger partial charge in [0.15, 0.2) is 0 Å². The molecular weight excluding hydrogens is 364 g/mol. The van der Waals surface area contributed by atoms with E-state index in [9.17, 15) is 18.3 Å². The molecule has 0 radical (unpaired) electrons. The first kappa shape index (κ1) is 19.2. The number of carbonyl (C=O) groups is 1. The van der Waals surface area contributed by atoms with E-state index in [1.54, 1.807) is 53.4 Å². The molecule has 1 aliphatic carbocycles. The molecule has 0 saturated heterocycles. The standard InChI is InChI=1S/C20H24N2O4S/c1-27(25,26)21-16-7-9-17(10-8-16)22(18-11-13-19(23)14-12-18)20(24)15-5-3-2-4-6-15/h7-15,21,23H,2-6H2,1H3. The molecule has 2 aromatic rings. The fourth-order valence-electron chi connectivity index (χ4n) is 3.43. The number of hydrogen-bond donors (Lipinski definition) is 2. The summed E-state index contributed by atoms with van der Waals surface area (Å²) in [7, 11) is -3.36. The van der Waals surface area contributed by atoms with Gasteiger partial charge in [-0.05, 0) is 61.4 Å². The first-order chi connectivity index (χ1) is 12.8. The number of carbonyl (C=O) groups excluding carboxylic acids is 1. The van der Waals surface area contributed by atoms with Gasteiger partial charge in [-0.2, -0.15) is 0 Å². The minimum absolute atomic E-state index is 0.0265. The lowest BCUT2D eigenvalue weighted by Crippen LogP contribution is -2.33. The Morgan fingerprint density at radius 3 is 2.00 bits per heavy atom.